The minimum atomic E-state index is -4.44. The largest absolute Gasteiger partial charge is 0.416 e. The predicted octanol–water partition coefficient (Wildman–Crippen LogP) is 3.81. The van der Waals surface area contributed by atoms with Crippen LogP contribution in [0.3, 0.4) is 0 Å². The van der Waals surface area contributed by atoms with Gasteiger partial charge in [0.2, 0.25) is 5.96 Å². The topological polar surface area (TPSA) is 39.1 Å². The van der Waals surface area contributed by atoms with Crippen LogP contribution in [-0.2, 0) is 0 Å². The van der Waals surface area contributed by atoms with Gasteiger partial charge in [0.15, 0.2) is 0 Å². The van der Waals surface area contributed by atoms with E-state index in [2.05, 4.69) is 4.99 Å². The lowest BCUT2D eigenvalue weighted by Gasteiger charge is -2.36. The Labute approximate surface area is 159 Å². The Morgan fingerprint density at radius 3 is 2.67 bits per heavy atom. The van der Waals surface area contributed by atoms with Crippen LogP contribution < -0.4 is 0 Å². The smallest absolute Gasteiger partial charge is 0.391 e. The molecule has 4 rings (SSSR count). The van der Waals surface area contributed by atoms with Crippen LogP contribution in [0.1, 0.15) is 12.0 Å². The van der Waals surface area contributed by atoms with Crippen molar-refractivity contribution in [3.8, 4) is 0 Å². The molecule has 0 radical (unpaired) electrons. The van der Waals surface area contributed by atoms with E-state index in [4.69, 9.17) is 11.6 Å². The molecule has 1 fully saturated rings. The second-order valence-electron chi connectivity index (χ2n) is 6.63. The van der Waals surface area contributed by atoms with Gasteiger partial charge in [0.1, 0.15) is 0 Å². The fourth-order valence-corrected chi connectivity index (χ4v) is 3.74. The molecule has 1 atom stereocenters. The van der Waals surface area contributed by atoms with Gasteiger partial charge in [0.25, 0.3) is 0 Å². The van der Waals surface area contributed by atoms with Crippen LogP contribution >= 0.6 is 11.6 Å². The number of aliphatic imine (C=N–C) groups is 1. The molecule has 1 aromatic rings. The number of aliphatic hydroxyl groups excluding tert-OH is 1. The van der Waals surface area contributed by atoms with Gasteiger partial charge in [0.05, 0.1) is 23.9 Å². The number of alkyl halides is 3. The van der Waals surface area contributed by atoms with Gasteiger partial charge in [-0.2, -0.15) is 13.2 Å². The minimum absolute atomic E-state index is 0.215. The van der Waals surface area contributed by atoms with Crippen LogP contribution in [0.15, 0.2) is 58.9 Å². The molecular weight excluding hydrogens is 379 g/mol. The summed E-state index contributed by atoms with van der Waals surface area (Å²) in [6.45, 7) is 1.23. The predicted molar refractivity (Wildman–Crippen MR) is 98.0 cm³/mol. The van der Waals surface area contributed by atoms with Gasteiger partial charge in [0, 0.05) is 35.4 Å². The van der Waals surface area contributed by atoms with Crippen LogP contribution in [-0.4, -0.2) is 52.8 Å². The monoisotopic (exact) mass is 395 g/mol. The second kappa shape index (κ2) is 6.73. The van der Waals surface area contributed by atoms with Crippen LogP contribution in [0.25, 0.3) is 5.57 Å². The van der Waals surface area contributed by atoms with Crippen molar-refractivity contribution in [3.63, 3.8) is 0 Å². The number of allylic oxidation sites excluding steroid dienone is 3. The number of nitrogens with zero attached hydrogens (tertiary/aromatic N) is 3. The molecule has 4 nitrogen and oxygen atoms in total. The number of β-amino-alcohol motifs (C(OH)–C–C–N with tert-alkyl or cyclic N) is 1. The first-order valence-electron chi connectivity index (χ1n) is 8.56. The first-order valence-corrected chi connectivity index (χ1v) is 8.94. The highest BCUT2D eigenvalue weighted by Crippen LogP contribution is 2.38. The summed E-state index contributed by atoms with van der Waals surface area (Å²) in [6.07, 6.45) is -0.727. The van der Waals surface area contributed by atoms with Crippen molar-refractivity contribution < 1.29 is 18.3 Å². The zero-order chi connectivity index (χ0) is 19.2. The van der Waals surface area contributed by atoms with E-state index in [1.807, 2.05) is 4.90 Å². The minimum Gasteiger partial charge on any atom is -0.391 e. The van der Waals surface area contributed by atoms with E-state index in [0.717, 1.165) is 12.2 Å². The Morgan fingerprint density at radius 1 is 1.22 bits per heavy atom. The van der Waals surface area contributed by atoms with Gasteiger partial charge >= 0.3 is 6.18 Å². The van der Waals surface area contributed by atoms with Gasteiger partial charge in [-0.3, -0.25) is 4.90 Å². The number of aliphatic hydroxyl groups is 1. The number of guanidine groups is 1. The quantitative estimate of drug-likeness (QED) is 0.786. The third-order valence-corrected chi connectivity index (χ3v) is 5.16. The molecule has 3 heterocycles. The Morgan fingerprint density at radius 2 is 2.00 bits per heavy atom. The molecule has 3 aliphatic rings. The van der Waals surface area contributed by atoms with Crippen LogP contribution in [0, 0.1) is 0 Å². The maximum absolute atomic E-state index is 13.3. The van der Waals surface area contributed by atoms with Crippen molar-refractivity contribution in [2.45, 2.75) is 18.7 Å². The highest BCUT2D eigenvalue weighted by Gasteiger charge is 2.37. The fraction of sp³-hybridized carbons (Fsp3) is 0.316. The lowest BCUT2D eigenvalue weighted by atomic mass is 9.98. The molecule has 0 bridgehead atoms. The maximum Gasteiger partial charge on any atom is 0.416 e. The molecule has 8 heteroatoms. The lowest BCUT2D eigenvalue weighted by molar-refractivity contribution is -0.0885. The Kier molecular flexibility index (Phi) is 4.52. The summed E-state index contributed by atoms with van der Waals surface area (Å²) in [5.74, 6) is 0.547. The normalized spacial score (nSPS) is 22.8. The van der Waals surface area contributed by atoms with Crippen molar-refractivity contribution in [2.75, 3.05) is 19.6 Å². The summed E-state index contributed by atoms with van der Waals surface area (Å²) in [5, 5.41) is 10.3. The fourth-order valence-electron chi connectivity index (χ4n) is 3.50. The molecule has 1 aromatic carbocycles. The SMILES string of the molecule is O[C@H]1CCN(C2=NCC(c3ccccc3Cl)=C3C=C(C(F)(F)F)C=CN23)C1. The molecule has 0 spiro atoms. The summed E-state index contributed by atoms with van der Waals surface area (Å²) >= 11 is 6.29. The molecule has 0 amide bonds. The number of halogens is 4. The molecule has 1 N–H and O–H groups in total. The van der Waals surface area contributed by atoms with E-state index in [0.29, 0.717) is 47.3 Å². The number of benzene rings is 1. The number of fused-ring (bicyclic) bond motifs is 1. The zero-order valence-electron chi connectivity index (χ0n) is 14.2. The third-order valence-electron chi connectivity index (χ3n) is 4.83. The first kappa shape index (κ1) is 18.1. The van der Waals surface area contributed by atoms with E-state index in [1.54, 1.807) is 29.2 Å². The van der Waals surface area contributed by atoms with Gasteiger partial charge in [-0.1, -0.05) is 29.8 Å². The second-order valence-corrected chi connectivity index (χ2v) is 7.04. The van der Waals surface area contributed by atoms with Crippen molar-refractivity contribution >= 4 is 23.1 Å². The van der Waals surface area contributed by atoms with Crippen LogP contribution in [0.5, 0.6) is 0 Å². The molecule has 142 valence electrons. The van der Waals surface area contributed by atoms with Crippen LogP contribution in [0.4, 0.5) is 13.2 Å². The molecule has 0 saturated carbocycles. The summed E-state index contributed by atoms with van der Waals surface area (Å²) < 4.78 is 39.9. The molecule has 0 aliphatic carbocycles. The highest BCUT2D eigenvalue weighted by molar-refractivity contribution is 6.32. The van der Waals surface area contributed by atoms with Gasteiger partial charge in [-0.05, 0) is 24.6 Å². The van der Waals surface area contributed by atoms with Gasteiger partial charge in [-0.15, -0.1) is 0 Å². The molecular formula is C19H17ClF3N3O. The molecule has 27 heavy (non-hydrogen) atoms. The van der Waals surface area contributed by atoms with E-state index in [9.17, 15) is 18.3 Å². The number of hydrogen-bond acceptors (Lipinski definition) is 4. The average molecular weight is 396 g/mol. The molecule has 3 aliphatic heterocycles. The Balaban J connectivity index is 1.80. The van der Waals surface area contributed by atoms with Crippen molar-refractivity contribution in [3.05, 3.63) is 64.5 Å². The zero-order valence-corrected chi connectivity index (χ0v) is 15.0. The summed E-state index contributed by atoms with van der Waals surface area (Å²) in [7, 11) is 0. The van der Waals surface area contributed by atoms with E-state index in [1.165, 1.54) is 6.20 Å². The highest BCUT2D eigenvalue weighted by atomic mass is 35.5. The first-order chi connectivity index (χ1) is 12.8. The van der Waals surface area contributed by atoms with E-state index in [-0.39, 0.29) is 6.54 Å². The van der Waals surface area contributed by atoms with Crippen LogP contribution in [0.2, 0.25) is 5.02 Å². The summed E-state index contributed by atoms with van der Waals surface area (Å²) in [6, 6.07) is 7.05. The Bertz CT molecular complexity index is 888. The number of likely N-dealkylation sites (tertiary alicyclic amines) is 1. The molecule has 0 unspecified atom stereocenters. The standard InChI is InChI=1S/C19H17ClF3N3O/c20-16-4-2-1-3-14(16)15-10-24-18(25-7-6-13(27)11-25)26-8-5-12(9-17(15)26)19(21,22)23/h1-5,8-9,13,27H,6-7,10-11H2/t13-/m0/s1. The lowest BCUT2D eigenvalue weighted by Crippen LogP contribution is -2.43. The van der Waals surface area contributed by atoms with Crippen molar-refractivity contribution in [1.29, 1.82) is 0 Å². The average Bonchev–Trinajstić information content (AvgIpc) is 3.06. The van der Waals surface area contributed by atoms with E-state index >= 15 is 0 Å². The number of rotatable bonds is 1. The van der Waals surface area contributed by atoms with Gasteiger partial charge in [-0.25, -0.2) is 4.99 Å². The van der Waals surface area contributed by atoms with Gasteiger partial charge < -0.3 is 10.0 Å². The third kappa shape index (κ3) is 3.37. The van der Waals surface area contributed by atoms with E-state index < -0.39 is 17.9 Å². The van der Waals surface area contributed by atoms with Crippen molar-refractivity contribution in [1.82, 2.24) is 9.80 Å². The Hall–Kier alpha value is -2.25. The maximum atomic E-state index is 13.3. The number of hydrogen-bond donors (Lipinski definition) is 1. The molecule has 0 aromatic heterocycles. The molecule has 1 saturated heterocycles. The summed E-state index contributed by atoms with van der Waals surface area (Å²) in [5.41, 5.74) is 0.983. The summed E-state index contributed by atoms with van der Waals surface area (Å²) in [4.78, 5) is 8.14. The van der Waals surface area contributed by atoms with Crippen molar-refractivity contribution in [2.24, 2.45) is 4.99 Å².